The summed E-state index contributed by atoms with van der Waals surface area (Å²) in [6.45, 7) is 0. The Bertz CT molecular complexity index is 984. The third-order valence-corrected chi connectivity index (χ3v) is 7.08. The van der Waals surface area contributed by atoms with Gasteiger partial charge >= 0.3 is 6.03 Å². The number of hydrogen-bond acceptors (Lipinski definition) is 4. The third kappa shape index (κ3) is 3.51. The van der Waals surface area contributed by atoms with Gasteiger partial charge in [-0.25, -0.2) is 18.5 Å². The van der Waals surface area contributed by atoms with Crippen LogP contribution in [-0.4, -0.2) is 26.7 Å². The van der Waals surface area contributed by atoms with Crippen LogP contribution in [0.3, 0.4) is 0 Å². The number of benzene rings is 1. The van der Waals surface area contributed by atoms with E-state index in [0.717, 1.165) is 44.2 Å². The lowest BCUT2D eigenvalue weighted by Crippen LogP contribution is -2.38. The van der Waals surface area contributed by atoms with Crippen LogP contribution in [0.25, 0.3) is 0 Å². The zero-order chi connectivity index (χ0) is 19.4. The molecule has 7 nitrogen and oxygen atoms in total. The first-order chi connectivity index (χ1) is 12.7. The summed E-state index contributed by atoms with van der Waals surface area (Å²) in [5.41, 5.74) is 5.77. The minimum absolute atomic E-state index is 0.0486. The maximum Gasteiger partial charge on any atom is 0.332 e. The SMILES string of the molecule is C[N+]1(P)C=C(Cl)C(S(=N)(=O)NC(=O)Nc2c3c(cc4c2CCC4)CCC3)=N1. The van der Waals surface area contributed by atoms with Crippen LogP contribution in [0, 0.1) is 4.78 Å². The van der Waals surface area contributed by atoms with E-state index >= 15 is 0 Å². The number of hydrogen-bond donors (Lipinski definition) is 3. The molecular formula is C17H22ClN5O2PS+. The second kappa shape index (κ2) is 6.55. The van der Waals surface area contributed by atoms with Gasteiger partial charge < -0.3 is 5.32 Å². The lowest BCUT2D eigenvalue weighted by Gasteiger charge is -2.17. The Kier molecular flexibility index (Phi) is 4.58. The number of aryl methyl sites for hydroxylation is 2. The van der Waals surface area contributed by atoms with Crippen molar-refractivity contribution >= 4 is 47.7 Å². The molecule has 0 fully saturated rings. The molecular weight excluding hydrogens is 405 g/mol. The maximum atomic E-state index is 12.8. The highest BCUT2D eigenvalue weighted by Crippen LogP contribution is 2.38. The number of nitrogens with zero attached hydrogens (tertiary/aromatic N) is 2. The number of rotatable bonds is 1. The molecule has 0 saturated heterocycles. The topological polar surface area (TPSA) is 94.4 Å². The Morgan fingerprint density at radius 3 is 2.37 bits per heavy atom. The van der Waals surface area contributed by atoms with Gasteiger partial charge in [-0.3, -0.25) is 0 Å². The first-order valence-electron chi connectivity index (χ1n) is 8.84. The van der Waals surface area contributed by atoms with E-state index in [4.69, 9.17) is 16.4 Å². The van der Waals surface area contributed by atoms with Gasteiger partial charge in [0.1, 0.15) is 20.6 Å². The van der Waals surface area contributed by atoms with Crippen molar-refractivity contribution in [1.29, 1.82) is 4.78 Å². The molecule has 0 radical (unpaired) electrons. The van der Waals surface area contributed by atoms with Crippen molar-refractivity contribution in [3.63, 3.8) is 0 Å². The van der Waals surface area contributed by atoms with Crippen molar-refractivity contribution in [3.8, 4) is 0 Å². The van der Waals surface area contributed by atoms with E-state index in [1.165, 1.54) is 28.5 Å². The van der Waals surface area contributed by atoms with Crippen molar-refractivity contribution in [2.45, 2.75) is 38.5 Å². The van der Waals surface area contributed by atoms with E-state index in [1.807, 2.05) is 0 Å². The molecule has 144 valence electrons. The molecule has 1 aromatic carbocycles. The minimum Gasteiger partial charge on any atom is -0.307 e. The highest BCUT2D eigenvalue weighted by Gasteiger charge is 2.34. The number of quaternary nitrogens is 1. The number of fused-ring (bicyclic) bond motifs is 2. The van der Waals surface area contributed by atoms with Gasteiger partial charge in [-0.2, -0.15) is 4.36 Å². The Morgan fingerprint density at radius 2 is 1.85 bits per heavy atom. The Balaban J connectivity index is 1.59. The molecule has 0 bridgehead atoms. The quantitative estimate of drug-likeness (QED) is 0.600. The number of nitrogens with one attached hydrogen (secondary N) is 3. The monoisotopic (exact) mass is 426 g/mol. The van der Waals surface area contributed by atoms with Gasteiger partial charge in [0.15, 0.2) is 9.92 Å². The summed E-state index contributed by atoms with van der Waals surface area (Å²) >= 11 is 6.07. The Hall–Kier alpha value is -1.47. The summed E-state index contributed by atoms with van der Waals surface area (Å²) in [5.74, 6) is 0. The summed E-state index contributed by atoms with van der Waals surface area (Å²) in [4.78, 5) is 12.6. The van der Waals surface area contributed by atoms with E-state index in [2.05, 4.69) is 30.6 Å². The summed E-state index contributed by atoms with van der Waals surface area (Å²) in [7, 11) is 0.444. The van der Waals surface area contributed by atoms with Gasteiger partial charge in [-0.15, -0.1) is 0 Å². The summed E-state index contributed by atoms with van der Waals surface area (Å²) in [6, 6.07) is 1.61. The smallest absolute Gasteiger partial charge is 0.307 e. The molecule has 3 unspecified atom stereocenters. The number of carbonyl (C=O) groups excluding carboxylic acids is 1. The molecule has 10 heteroatoms. The number of halogens is 1. The number of amides is 2. The molecule has 2 aliphatic carbocycles. The van der Waals surface area contributed by atoms with Gasteiger partial charge in [0.2, 0.25) is 5.04 Å². The average Bonchev–Trinajstić information content (AvgIpc) is 3.24. The zero-order valence-corrected chi connectivity index (χ0v) is 17.7. The molecule has 1 aliphatic heterocycles. The fourth-order valence-corrected chi connectivity index (χ4v) is 6.07. The Labute approximate surface area is 166 Å². The standard InChI is InChI=1S/C17H21ClN5O2PS/c1-23(26)9-14(18)16(21-23)27(19,25)22-17(24)20-15-12-6-2-4-10(12)8-11-5-3-7-13(11)15/h8-9H,2-7,26H2,1H3,(H2-,19,20,22,24,25)/p+1. The molecule has 1 aromatic rings. The van der Waals surface area contributed by atoms with Crippen LogP contribution in [0.1, 0.15) is 35.1 Å². The van der Waals surface area contributed by atoms with Gasteiger partial charge in [0.05, 0.1) is 7.05 Å². The van der Waals surface area contributed by atoms with Gasteiger partial charge in [-0.1, -0.05) is 22.8 Å². The lowest BCUT2D eigenvalue weighted by molar-refractivity contribution is -0.724. The second-order valence-corrected chi connectivity index (χ2v) is 10.5. The van der Waals surface area contributed by atoms with Crippen LogP contribution in [0.4, 0.5) is 10.5 Å². The van der Waals surface area contributed by atoms with Crippen LogP contribution in [0.2, 0.25) is 0 Å². The molecule has 3 N–H and O–H groups in total. The fourth-order valence-electron chi connectivity index (χ4n) is 4.04. The van der Waals surface area contributed by atoms with E-state index in [-0.39, 0.29) is 14.4 Å². The lowest BCUT2D eigenvalue weighted by atomic mass is 9.99. The van der Waals surface area contributed by atoms with Crippen molar-refractivity contribution < 1.29 is 13.4 Å². The maximum absolute atomic E-state index is 12.8. The summed E-state index contributed by atoms with van der Waals surface area (Å²) < 4.78 is 23.1. The van der Waals surface area contributed by atoms with E-state index in [1.54, 1.807) is 7.05 Å². The Morgan fingerprint density at radius 1 is 1.26 bits per heavy atom. The van der Waals surface area contributed by atoms with Crippen LogP contribution in [0.15, 0.2) is 22.4 Å². The first kappa shape index (κ1) is 18.9. The van der Waals surface area contributed by atoms with E-state index < -0.39 is 15.9 Å². The molecule has 4 rings (SSSR count). The van der Waals surface area contributed by atoms with Crippen molar-refractivity contribution in [2.75, 3.05) is 12.4 Å². The van der Waals surface area contributed by atoms with E-state index in [0.29, 0.717) is 0 Å². The van der Waals surface area contributed by atoms with E-state index in [9.17, 15) is 9.00 Å². The highest BCUT2D eigenvalue weighted by molar-refractivity contribution is 8.06. The summed E-state index contributed by atoms with van der Waals surface area (Å²) in [5, 5.41) is 7.00. The minimum atomic E-state index is -3.67. The molecule has 0 spiro atoms. The second-order valence-electron chi connectivity index (χ2n) is 7.32. The molecule has 3 atom stereocenters. The normalized spacial score (nSPS) is 25.3. The first-order valence-corrected chi connectivity index (χ1v) is 11.3. The largest absolute Gasteiger partial charge is 0.332 e. The number of anilines is 1. The predicted octanol–water partition coefficient (Wildman–Crippen LogP) is 3.39. The fraction of sp³-hybridized carbons (Fsp3) is 0.412. The highest BCUT2D eigenvalue weighted by atomic mass is 35.5. The molecule has 27 heavy (non-hydrogen) atoms. The zero-order valence-electron chi connectivity index (χ0n) is 15.0. The van der Waals surface area contributed by atoms with Gasteiger partial charge in [0.25, 0.3) is 0 Å². The molecule has 2 amide bonds. The van der Waals surface area contributed by atoms with Crippen molar-refractivity contribution in [2.24, 2.45) is 5.10 Å². The van der Waals surface area contributed by atoms with Crippen LogP contribution < -0.4 is 10.0 Å². The van der Waals surface area contributed by atoms with Gasteiger partial charge in [-0.05, 0) is 60.8 Å². The molecule has 3 aliphatic rings. The summed E-state index contributed by atoms with van der Waals surface area (Å²) in [6.07, 6.45) is 7.59. The average molecular weight is 427 g/mol. The number of carbonyl (C=O) groups is 1. The van der Waals surface area contributed by atoms with Crippen LogP contribution in [0.5, 0.6) is 0 Å². The third-order valence-electron chi connectivity index (χ3n) is 5.11. The predicted molar refractivity (Wildman–Crippen MR) is 111 cm³/mol. The van der Waals surface area contributed by atoms with Crippen LogP contribution >= 0.6 is 21.0 Å². The van der Waals surface area contributed by atoms with Crippen LogP contribution in [-0.2, 0) is 35.6 Å². The molecule has 0 aromatic heterocycles. The van der Waals surface area contributed by atoms with Crippen molar-refractivity contribution in [1.82, 2.24) is 4.72 Å². The van der Waals surface area contributed by atoms with Crippen molar-refractivity contribution in [3.05, 3.63) is 39.6 Å². The molecule has 1 heterocycles. The molecule has 0 saturated carbocycles. The van der Waals surface area contributed by atoms with Gasteiger partial charge in [0, 0.05) is 5.69 Å². The number of urea groups is 1.